The van der Waals surface area contributed by atoms with Crippen LogP contribution in [0.1, 0.15) is 11.1 Å². The number of anilines is 1. The highest BCUT2D eigenvalue weighted by Crippen LogP contribution is 2.18. The second-order valence-electron chi connectivity index (χ2n) is 6.96. The van der Waals surface area contributed by atoms with Gasteiger partial charge in [0.05, 0.1) is 13.2 Å². The molecule has 7 nitrogen and oxygen atoms in total. The number of amides is 2. The number of hydrogen-bond acceptors (Lipinski definition) is 5. The molecule has 2 N–H and O–H groups in total. The van der Waals surface area contributed by atoms with Gasteiger partial charge in [-0.05, 0) is 31.0 Å². The molecule has 2 heterocycles. The maximum Gasteiger partial charge on any atom is 0.253 e. The van der Waals surface area contributed by atoms with Crippen LogP contribution in [0.15, 0.2) is 18.2 Å². The number of hydrogen-bond donors (Lipinski definition) is 2. The van der Waals surface area contributed by atoms with Gasteiger partial charge >= 0.3 is 0 Å². The highest BCUT2D eigenvalue weighted by atomic mass is 35.5. The molecule has 2 aliphatic heterocycles. The second-order valence-corrected chi connectivity index (χ2v) is 6.96. The van der Waals surface area contributed by atoms with Gasteiger partial charge in [0.1, 0.15) is 6.10 Å². The van der Waals surface area contributed by atoms with Gasteiger partial charge in [0.2, 0.25) is 5.91 Å². The third-order valence-corrected chi connectivity index (χ3v) is 5.13. The van der Waals surface area contributed by atoms with Crippen LogP contribution in [0.2, 0.25) is 0 Å². The Morgan fingerprint density at radius 1 is 1.18 bits per heavy atom. The van der Waals surface area contributed by atoms with E-state index in [1.54, 1.807) is 0 Å². The second kappa shape index (κ2) is 11.6. The zero-order chi connectivity index (χ0) is 18.5. The Kier molecular flexibility index (Phi) is 10.2. The number of carbonyl (C=O) groups excluding carboxylic acids is 2. The molecule has 3 rings (SSSR count). The molecule has 9 heteroatoms. The first-order valence-corrected chi connectivity index (χ1v) is 9.24. The summed E-state index contributed by atoms with van der Waals surface area (Å²) in [7, 11) is 0. The highest BCUT2D eigenvalue weighted by molar-refractivity contribution is 5.93. The van der Waals surface area contributed by atoms with Crippen molar-refractivity contribution in [2.24, 2.45) is 0 Å². The van der Waals surface area contributed by atoms with E-state index in [2.05, 4.69) is 15.5 Å². The molecule has 2 saturated heterocycles. The van der Waals surface area contributed by atoms with Crippen molar-refractivity contribution in [2.45, 2.75) is 20.0 Å². The largest absolute Gasteiger partial charge is 0.366 e. The molecule has 0 bridgehead atoms. The number of ether oxygens (including phenoxy) is 1. The standard InChI is InChI=1S/C19H28N4O3.2ClH/c1-14-4-3-5-16(15(14)2)21-18(24)13-22-7-9-23(10-8-22)19(25)17-12-20-6-11-26-17;;/h3-5,17,20H,6-13H2,1-2H3,(H,21,24);2*1H. The van der Waals surface area contributed by atoms with Crippen LogP contribution >= 0.6 is 24.8 Å². The van der Waals surface area contributed by atoms with Crippen molar-refractivity contribution >= 4 is 42.3 Å². The van der Waals surface area contributed by atoms with Crippen molar-refractivity contribution in [3.8, 4) is 0 Å². The van der Waals surface area contributed by atoms with Crippen molar-refractivity contribution in [1.29, 1.82) is 0 Å². The summed E-state index contributed by atoms with van der Waals surface area (Å²) in [6.45, 7) is 9.02. The number of nitrogens with zero attached hydrogens (tertiary/aromatic N) is 2. The number of aryl methyl sites for hydroxylation is 1. The summed E-state index contributed by atoms with van der Waals surface area (Å²) in [6, 6.07) is 5.91. The molecular weight excluding hydrogens is 403 g/mol. The van der Waals surface area contributed by atoms with E-state index >= 15 is 0 Å². The first kappa shape index (κ1) is 24.7. The number of benzene rings is 1. The van der Waals surface area contributed by atoms with Crippen LogP contribution in [0.5, 0.6) is 0 Å². The maximum absolute atomic E-state index is 12.5. The Bertz CT molecular complexity index is 661. The lowest BCUT2D eigenvalue weighted by molar-refractivity contribution is -0.147. The van der Waals surface area contributed by atoms with E-state index in [4.69, 9.17) is 4.74 Å². The predicted molar refractivity (Wildman–Crippen MR) is 115 cm³/mol. The van der Waals surface area contributed by atoms with Gasteiger partial charge in [-0.3, -0.25) is 14.5 Å². The zero-order valence-corrected chi connectivity index (χ0v) is 18.0. The fourth-order valence-corrected chi connectivity index (χ4v) is 3.33. The van der Waals surface area contributed by atoms with E-state index in [9.17, 15) is 9.59 Å². The molecule has 158 valence electrons. The van der Waals surface area contributed by atoms with Gasteiger partial charge in [-0.25, -0.2) is 0 Å². The highest BCUT2D eigenvalue weighted by Gasteiger charge is 2.29. The number of piperazine rings is 1. The van der Waals surface area contributed by atoms with Gasteiger partial charge in [-0.1, -0.05) is 12.1 Å². The lowest BCUT2D eigenvalue weighted by Crippen LogP contribution is -2.55. The molecule has 2 aliphatic rings. The molecule has 0 spiro atoms. The third kappa shape index (κ3) is 6.32. The molecule has 0 radical (unpaired) electrons. The summed E-state index contributed by atoms with van der Waals surface area (Å²) < 4.78 is 5.54. The summed E-state index contributed by atoms with van der Waals surface area (Å²) in [5.41, 5.74) is 3.12. The van der Waals surface area contributed by atoms with Gasteiger partial charge in [0.25, 0.3) is 5.91 Å². The predicted octanol–water partition coefficient (Wildman–Crippen LogP) is 1.22. The normalized spacial score (nSPS) is 19.9. The molecule has 0 saturated carbocycles. The zero-order valence-electron chi connectivity index (χ0n) is 16.4. The van der Waals surface area contributed by atoms with Gasteiger partial charge in [-0.2, -0.15) is 0 Å². The minimum atomic E-state index is -0.372. The van der Waals surface area contributed by atoms with Crippen LogP contribution in [0, 0.1) is 13.8 Å². The Balaban J connectivity index is 0.00000196. The molecule has 1 aromatic rings. The molecule has 1 aromatic carbocycles. The van der Waals surface area contributed by atoms with Gasteiger partial charge in [0.15, 0.2) is 0 Å². The summed E-state index contributed by atoms with van der Waals surface area (Å²) in [5, 5.41) is 6.18. The Morgan fingerprint density at radius 2 is 1.89 bits per heavy atom. The minimum Gasteiger partial charge on any atom is -0.366 e. The van der Waals surface area contributed by atoms with E-state index < -0.39 is 0 Å². The summed E-state index contributed by atoms with van der Waals surface area (Å²) >= 11 is 0. The van der Waals surface area contributed by atoms with Crippen LogP contribution in [-0.2, 0) is 14.3 Å². The van der Waals surface area contributed by atoms with Crippen LogP contribution in [0.25, 0.3) is 0 Å². The quantitative estimate of drug-likeness (QED) is 0.747. The minimum absolute atomic E-state index is 0. The van der Waals surface area contributed by atoms with Gasteiger partial charge in [0, 0.05) is 45.0 Å². The fraction of sp³-hybridized carbons (Fsp3) is 0.579. The van der Waals surface area contributed by atoms with E-state index in [1.807, 2.05) is 36.9 Å². The third-order valence-electron chi connectivity index (χ3n) is 5.13. The van der Waals surface area contributed by atoms with E-state index in [1.165, 1.54) is 0 Å². The Labute approximate surface area is 179 Å². The molecule has 0 aromatic heterocycles. The monoisotopic (exact) mass is 432 g/mol. The smallest absolute Gasteiger partial charge is 0.253 e. The fourth-order valence-electron chi connectivity index (χ4n) is 3.33. The first-order valence-electron chi connectivity index (χ1n) is 9.24. The molecule has 1 unspecified atom stereocenters. The molecule has 1 atom stereocenters. The topological polar surface area (TPSA) is 73.9 Å². The average molecular weight is 433 g/mol. The lowest BCUT2D eigenvalue weighted by atomic mass is 10.1. The van der Waals surface area contributed by atoms with Crippen molar-refractivity contribution in [1.82, 2.24) is 15.1 Å². The van der Waals surface area contributed by atoms with Crippen molar-refractivity contribution < 1.29 is 14.3 Å². The summed E-state index contributed by atoms with van der Waals surface area (Å²) in [5.74, 6) is 0.0370. The van der Waals surface area contributed by atoms with E-state index in [0.717, 1.165) is 23.4 Å². The molecule has 28 heavy (non-hydrogen) atoms. The molecule has 2 amide bonds. The number of halogens is 2. The molecule has 0 aliphatic carbocycles. The molecular formula is C19H30Cl2N4O3. The van der Waals surface area contributed by atoms with Crippen LogP contribution in [0.4, 0.5) is 5.69 Å². The van der Waals surface area contributed by atoms with Crippen LogP contribution in [0.3, 0.4) is 0 Å². The Hall–Kier alpha value is -1.38. The number of rotatable bonds is 4. The van der Waals surface area contributed by atoms with E-state index in [0.29, 0.717) is 45.9 Å². The lowest BCUT2D eigenvalue weighted by Gasteiger charge is -2.36. The van der Waals surface area contributed by atoms with Crippen molar-refractivity contribution in [3.05, 3.63) is 29.3 Å². The number of nitrogens with one attached hydrogen (secondary N) is 2. The number of carbonyl (C=O) groups is 2. The maximum atomic E-state index is 12.5. The Morgan fingerprint density at radius 3 is 2.54 bits per heavy atom. The van der Waals surface area contributed by atoms with Gasteiger partial charge in [-0.15, -0.1) is 24.8 Å². The number of morpholine rings is 1. The molecule has 2 fully saturated rings. The van der Waals surface area contributed by atoms with Crippen LogP contribution in [-0.4, -0.2) is 80.1 Å². The first-order chi connectivity index (χ1) is 12.5. The van der Waals surface area contributed by atoms with Crippen molar-refractivity contribution in [2.75, 3.05) is 57.7 Å². The average Bonchev–Trinajstić information content (AvgIpc) is 2.66. The van der Waals surface area contributed by atoms with Crippen molar-refractivity contribution in [3.63, 3.8) is 0 Å². The SMILES string of the molecule is Cc1cccc(NC(=O)CN2CCN(C(=O)C3CNCCO3)CC2)c1C.Cl.Cl. The summed E-state index contributed by atoms with van der Waals surface area (Å²) in [6.07, 6.45) is -0.372. The van der Waals surface area contributed by atoms with Gasteiger partial charge < -0.3 is 20.3 Å². The van der Waals surface area contributed by atoms with Crippen LogP contribution < -0.4 is 10.6 Å². The van der Waals surface area contributed by atoms with E-state index in [-0.39, 0.29) is 42.7 Å². The summed E-state index contributed by atoms with van der Waals surface area (Å²) in [4.78, 5) is 28.7.